The second-order valence-corrected chi connectivity index (χ2v) is 8.16. The first-order valence-electron chi connectivity index (χ1n) is 10.6. The van der Waals surface area contributed by atoms with E-state index in [-0.39, 0.29) is 17.4 Å². The average Bonchev–Trinajstić information content (AvgIpc) is 3.64. The molecule has 0 unspecified atom stereocenters. The maximum atomic E-state index is 12.7. The van der Waals surface area contributed by atoms with Gasteiger partial charge in [0.2, 0.25) is 5.91 Å². The zero-order valence-corrected chi connectivity index (χ0v) is 17.4. The zero-order chi connectivity index (χ0) is 22.1. The van der Waals surface area contributed by atoms with Crippen LogP contribution in [-0.2, 0) is 11.3 Å². The van der Waals surface area contributed by atoms with Crippen LogP contribution in [0.2, 0.25) is 0 Å². The maximum absolute atomic E-state index is 12.7. The van der Waals surface area contributed by atoms with E-state index in [0.717, 1.165) is 33.9 Å². The van der Waals surface area contributed by atoms with Crippen molar-refractivity contribution >= 4 is 22.6 Å². The lowest BCUT2D eigenvalue weighted by Gasteiger charge is -2.13. The molecule has 4 aromatic rings. The van der Waals surface area contributed by atoms with Crippen molar-refractivity contribution in [1.29, 1.82) is 0 Å². The second kappa shape index (κ2) is 8.27. The normalized spacial score (nSPS) is 17.1. The van der Waals surface area contributed by atoms with Crippen LogP contribution in [0.1, 0.15) is 33.8 Å². The molecule has 0 spiro atoms. The van der Waals surface area contributed by atoms with E-state index in [1.165, 1.54) is 5.56 Å². The number of nitrogens with zero attached hydrogens (tertiary/aromatic N) is 1. The van der Waals surface area contributed by atoms with Crippen molar-refractivity contribution in [3.63, 3.8) is 0 Å². The summed E-state index contributed by atoms with van der Waals surface area (Å²) in [6.07, 6.45) is 4.41. The third-order valence-corrected chi connectivity index (χ3v) is 6.14. The average molecular weight is 422 g/mol. The highest BCUT2D eigenvalue weighted by Crippen LogP contribution is 2.47. The van der Waals surface area contributed by atoms with Gasteiger partial charge in [0, 0.05) is 30.2 Å². The number of fused-ring (bicyclic) bond motifs is 1. The number of carboxylic acid groups (broad SMARTS) is 1. The zero-order valence-electron chi connectivity index (χ0n) is 17.4. The number of carboxylic acids is 1. The number of pyridine rings is 1. The number of rotatable bonds is 6. The molecule has 158 valence electrons. The predicted octanol–water partition coefficient (Wildman–Crippen LogP) is 5.02. The standard InChI is InChI=1S/C27H22N2O3/c30-26(24-14-23(24)17-5-2-1-3-6-17)29-15-20-9-10-21(22-11-12-28-16-25(20)22)18-7-4-8-19(13-18)27(31)32/h1-13,16,23-24H,14-15H2,(H,29,30)(H,31,32)/t23-,24+/m0/s1. The summed E-state index contributed by atoms with van der Waals surface area (Å²) in [7, 11) is 0. The van der Waals surface area contributed by atoms with Gasteiger partial charge in [0.05, 0.1) is 5.56 Å². The topological polar surface area (TPSA) is 79.3 Å². The number of aromatic nitrogens is 1. The molecule has 32 heavy (non-hydrogen) atoms. The number of hydrogen-bond donors (Lipinski definition) is 2. The van der Waals surface area contributed by atoms with Gasteiger partial charge in [-0.25, -0.2) is 4.79 Å². The van der Waals surface area contributed by atoms with Crippen molar-refractivity contribution in [3.8, 4) is 11.1 Å². The molecule has 2 N–H and O–H groups in total. The fourth-order valence-electron chi connectivity index (χ4n) is 4.34. The highest BCUT2D eigenvalue weighted by Gasteiger charge is 2.43. The van der Waals surface area contributed by atoms with Crippen LogP contribution in [0.3, 0.4) is 0 Å². The quantitative estimate of drug-likeness (QED) is 0.457. The molecule has 5 rings (SSSR count). The van der Waals surface area contributed by atoms with Gasteiger partial charge in [0.25, 0.3) is 0 Å². The van der Waals surface area contributed by atoms with E-state index in [2.05, 4.69) is 22.4 Å². The van der Waals surface area contributed by atoms with Crippen molar-refractivity contribution in [2.75, 3.05) is 0 Å². The summed E-state index contributed by atoms with van der Waals surface area (Å²) < 4.78 is 0. The smallest absolute Gasteiger partial charge is 0.335 e. The number of aromatic carboxylic acids is 1. The van der Waals surface area contributed by atoms with Gasteiger partial charge in [-0.1, -0.05) is 54.6 Å². The Morgan fingerprint density at radius 3 is 2.62 bits per heavy atom. The molecule has 1 fully saturated rings. The van der Waals surface area contributed by atoms with Gasteiger partial charge >= 0.3 is 5.97 Å². The number of hydrogen-bond acceptors (Lipinski definition) is 3. The molecule has 0 radical (unpaired) electrons. The van der Waals surface area contributed by atoms with E-state index in [1.54, 1.807) is 30.6 Å². The summed E-state index contributed by atoms with van der Waals surface area (Å²) in [5.74, 6) is -0.543. The lowest BCUT2D eigenvalue weighted by atomic mass is 9.95. The molecule has 1 aliphatic carbocycles. The van der Waals surface area contributed by atoms with Gasteiger partial charge in [-0.05, 0) is 58.2 Å². The number of carbonyl (C=O) groups excluding carboxylic acids is 1. The highest BCUT2D eigenvalue weighted by molar-refractivity contribution is 5.99. The van der Waals surface area contributed by atoms with E-state index in [4.69, 9.17) is 0 Å². The van der Waals surface area contributed by atoms with Crippen LogP contribution in [-0.4, -0.2) is 22.0 Å². The van der Waals surface area contributed by atoms with Crippen LogP contribution < -0.4 is 5.32 Å². The lowest BCUT2D eigenvalue weighted by molar-refractivity contribution is -0.122. The molecule has 1 amide bonds. The Morgan fingerprint density at radius 1 is 0.969 bits per heavy atom. The summed E-state index contributed by atoms with van der Waals surface area (Å²) in [5, 5.41) is 14.3. The molecular formula is C27H22N2O3. The minimum atomic E-state index is -0.953. The van der Waals surface area contributed by atoms with Gasteiger partial charge < -0.3 is 10.4 Å². The second-order valence-electron chi connectivity index (χ2n) is 8.16. The van der Waals surface area contributed by atoms with E-state index in [0.29, 0.717) is 12.5 Å². The van der Waals surface area contributed by atoms with Crippen LogP contribution in [0.4, 0.5) is 0 Å². The van der Waals surface area contributed by atoms with Crippen LogP contribution in [0.15, 0.2) is 85.2 Å². The largest absolute Gasteiger partial charge is 0.478 e. The number of carbonyl (C=O) groups is 2. The third-order valence-electron chi connectivity index (χ3n) is 6.14. The van der Waals surface area contributed by atoms with Crippen LogP contribution >= 0.6 is 0 Å². The van der Waals surface area contributed by atoms with Crippen LogP contribution in [0.25, 0.3) is 21.9 Å². The van der Waals surface area contributed by atoms with Gasteiger partial charge in [-0.2, -0.15) is 0 Å². The minimum Gasteiger partial charge on any atom is -0.478 e. The molecule has 1 aliphatic rings. The molecule has 1 aromatic heterocycles. The van der Waals surface area contributed by atoms with Crippen LogP contribution in [0.5, 0.6) is 0 Å². The van der Waals surface area contributed by atoms with E-state index in [9.17, 15) is 14.7 Å². The van der Waals surface area contributed by atoms with E-state index >= 15 is 0 Å². The predicted molar refractivity (Wildman–Crippen MR) is 123 cm³/mol. The molecule has 1 saturated carbocycles. The third kappa shape index (κ3) is 3.85. The monoisotopic (exact) mass is 422 g/mol. The highest BCUT2D eigenvalue weighted by atomic mass is 16.4. The summed E-state index contributed by atoms with van der Waals surface area (Å²) >= 11 is 0. The molecule has 1 heterocycles. The Balaban J connectivity index is 1.37. The van der Waals surface area contributed by atoms with Gasteiger partial charge in [-0.3, -0.25) is 9.78 Å². The SMILES string of the molecule is O=C(O)c1cccc(-c2ccc(CNC(=O)[C@@H]3C[C@H]3c3ccccc3)c3cnccc23)c1. The number of nitrogens with one attached hydrogen (secondary N) is 1. The number of benzene rings is 3. The van der Waals surface area contributed by atoms with Gasteiger partial charge in [0.15, 0.2) is 0 Å². The van der Waals surface area contributed by atoms with Gasteiger partial charge in [0.1, 0.15) is 0 Å². The summed E-state index contributed by atoms with van der Waals surface area (Å²) in [5.41, 5.74) is 4.22. The fraction of sp³-hybridized carbons (Fsp3) is 0.148. The molecule has 0 saturated heterocycles. The molecule has 5 nitrogen and oxygen atoms in total. The Bertz CT molecular complexity index is 1320. The van der Waals surface area contributed by atoms with Crippen molar-refractivity contribution in [2.24, 2.45) is 5.92 Å². The van der Waals surface area contributed by atoms with Crippen molar-refractivity contribution in [3.05, 3.63) is 102 Å². The van der Waals surface area contributed by atoms with E-state index in [1.807, 2.05) is 42.5 Å². The molecular weight excluding hydrogens is 400 g/mol. The lowest BCUT2D eigenvalue weighted by Crippen LogP contribution is -2.25. The molecule has 5 heteroatoms. The number of amides is 1. The fourth-order valence-corrected chi connectivity index (χ4v) is 4.34. The van der Waals surface area contributed by atoms with Crippen LogP contribution in [0, 0.1) is 5.92 Å². The summed E-state index contributed by atoms with van der Waals surface area (Å²) in [6, 6.07) is 23.0. The molecule has 0 aliphatic heterocycles. The molecule has 3 aromatic carbocycles. The van der Waals surface area contributed by atoms with E-state index < -0.39 is 5.97 Å². The van der Waals surface area contributed by atoms with Crippen molar-refractivity contribution in [2.45, 2.75) is 18.9 Å². The Hall–Kier alpha value is -3.99. The summed E-state index contributed by atoms with van der Waals surface area (Å²) in [4.78, 5) is 28.4. The Labute approximate surface area is 185 Å². The first kappa shape index (κ1) is 19.9. The van der Waals surface area contributed by atoms with Crippen molar-refractivity contribution < 1.29 is 14.7 Å². The Morgan fingerprint density at radius 2 is 1.81 bits per heavy atom. The maximum Gasteiger partial charge on any atom is 0.335 e. The van der Waals surface area contributed by atoms with Crippen molar-refractivity contribution in [1.82, 2.24) is 10.3 Å². The van der Waals surface area contributed by atoms with Gasteiger partial charge in [-0.15, -0.1) is 0 Å². The molecule has 0 bridgehead atoms. The summed E-state index contributed by atoms with van der Waals surface area (Å²) in [6.45, 7) is 0.425. The molecule has 2 atom stereocenters. The first-order valence-corrected chi connectivity index (χ1v) is 10.6. The first-order chi connectivity index (χ1) is 15.6. The minimum absolute atomic E-state index is 0.0276. The Kier molecular flexibility index (Phi) is 5.15.